The maximum absolute atomic E-state index is 6.56. The van der Waals surface area contributed by atoms with Crippen molar-refractivity contribution in [3.63, 3.8) is 0 Å². The van der Waals surface area contributed by atoms with Gasteiger partial charge in [-0.3, -0.25) is 0 Å². The van der Waals surface area contributed by atoms with Crippen molar-refractivity contribution in [1.82, 2.24) is 0 Å². The highest BCUT2D eigenvalue weighted by molar-refractivity contribution is 9.10. The summed E-state index contributed by atoms with van der Waals surface area (Å²) in [4.78, 5) is 5.87. The van der Waals surface area contributed by atoms with Gasteiger partial charge in [0, 0.05) is 16.3 Å². The van der Waals surface area contributed by atoms with Crippen LogP contribution in [-0.4, -0.2) is 24.2 Å². The second-order valence-corrected chi connectivity index (χ2v) is 15.2. The van der Waals surface area contributed by atoms with Crippen molar-refractivity contribution in [2.45, 2.75) is 118 Å². The first-order valence-corrected chi connectivity index (χ1v) is 17.1. The number of nitrogens with zero attached hydrogens (tertiary/aromatic N) is 1. The van der Waals surface area contributed by atoms with Crippen molar-refractivity contribution >= 4 is 21.6 Å². The Kier molecular flexibility index (Phi) is 8.62. The fourth-order valence-electron chi connectivity index (χ4n) is 9.75. The van der Waals surface area contributed by atoms with Crippen molar-refractivity contribution in [3.8, 4) is 0 Å². The van der Waals surface area contributed by atoms with Crippen LogP contribution < -0.4 is 0 Å². The molecule has 1 aliphatic heterocycles. The third kappa shape index (κ3) is 5.65. The third-order valence-corrected chi connectivity index (χ3v) is 12.6. The molecule has 0 radical (unpaired) electrons. The number of allylic oxidation sites excluding steroid dienone is 1. The van der Waals surface area contributed by atoms with Crippen LogP contribution in [0.25, 0.3) is 0 Å². The van der Waals surface area contributed by atoms with E-state index in [4.69, 9.17) is 14.3 Å². The molecular formula is C36H50BrNO3. The molecule has 0 N–H and O–H groups in total. The summed E-state index contributed by atoms with van der Waals surface area (Å²) in [5.74, 6) is 3.36. The summed E-state index contributed by atoms with van der Waals surface area (Å²) in [5, 5.41) is 4.68. The second-order valence-electron chi connectivity index (χ2n) is 14.3. The third-order valence-electron chi connectivity index (χ3n) is 12.1. The van der Waals surface area contributed by atoms with Gasteiger partial charge in [0.25, 0.3) is 0 Å². The molecule has 3 saturated carbocycles. The van der Waals surface area contributed by atoms with Gasteiger partial charge < -0.3 is 14.3 Å². The lowest BCUT2D eigenvalue weighted by Crippen LogP contribution is -2.51. The molecule has 0 spiro atoms. The lowest BCUT2D eigenvalue weighted by atomic mass is 9.47. The topological polar surface area (TPSA) is 40.0 Å². The van der Waals surface area contributed by atoms with Crippen LogP contribution in [0.1, 0.15) is 98.0 Å². The van der Waals surface area contributed by atoms with Gasteiger partial charge in [-0.15, -0.1) is 0 Å². The highest BCUT2D eigenvalue weighted by Crippen LogP contribution is 2.66. The number of hydrogen-bond donors (Lipinski definition) is 0. The summed E-state index contributed by atoms with van der Waals surface area (Å²) in [7, 11) is 0. The van der Waals surface area contributed by atoms with Gasteiger partial charge in [0.05, 0.1) is 17.9 Å². The average Bonchev–Trinajstić information content (AvgIpc) is 3.32. The largest absolute Gasteiger partial charge is 0.391 e. The van der Waals surface area contributed by atoms with Crippen molar-refractivity contribution < 1.29 is 14.3 Å². The quantitative estimate of drug-likeness (QED) is 0.172. The smallest absolute Gasteiger partial charge is 0.177 e. The zero-order valence-corrected chi connectivity index (χ0v) is 27.4. The second kappa shape index (κ2) is 11.9. The average molecular weight is 625 g/mol. The van der Waals surface area contributed by atoms with Crippen LogP contribution in [0, 0.1) is 40.4 Å². The Balaban J connectivity index is 1.10. The van der Waals surface area contributed by atoms with Gasteiger partial charge in [-0.05, 0) is 117 Å². The Morgan fingerprint density at radius 3 is 2.63 bits per heavy atom. The lowest BCUT2D eigenvalue weighted by Gasteiger charge is -2.58. The summed E-state index contributed by atoms with van der Waals surface area (Å²) in [6.07, 6.45) is 18.4. The van der Waals surface area contributed by atoms with Crippen LogP contribution in [0.5, 0.6) is 0 Å². The van der Waals surface area contributed by atoms with Crippen LogP contribution in [-0.2, 0) is 20.9 Å². The maximum Gasteiger partial charge on any atom is 0.177 e. The number of hydrogen-bond acceptors (Lipinski definition) is 4. The zero-order valence-electron chi connectivity index (χ0n) is 25.8. The van der Waals surface area contributed by atoms with E-state index in [-0.39, 0.29) is 18.5 Å². The molecule has 5 unspecified atom stereocenters. The number of halogens is 1. The molecular weight excluding hydrogens is 574 g/mol. The number of ether oxygens (including phenoxy) is 2. The molecule has 6 rings (SSSR count). The molecule has 0 amide bonds. The van der Waals surface area contributed by atoms with E-state index in [9.17, 15) is 0 Å². The van der Waals surface area contributed by atoms with E-state index in [0.717, 1.165) is 47.1 Å². The van der Waals surface area contributed by atoms with E-state index >= 15 is 0 Å². The van der Waals surface area contributed by atoms with E-state index in [1.807, 2.05) is 0 Å². The van der Waals surface area contributed by atoms with Crippen LogP contribution in [0.15, 0.2) is 57.7 Å². The van der Waals surface area contributed by atoms with Gasteiger partial charge >= 0.3 is 0 Å². The minimum Gasteiger partial charge on any atom is -0.391 e. The summed E-state index contributed by atoms with van der Waals surface area (Å²) in [6.45, 7) is 12.4. The van der Waals surface area contributed by atoms with E-state index < -0.39 is 0 Å². The first-order valence-electron chi connectivity index (χ1n) is 16.3. The normalized spacial score (nSPS) is 42.2. The molecule has 1 aromatic carbocycles. The first kappa shape index (κ1) is 29.6. The molecule has 4 nitrogen and oxygen atoms in total. The number of rotatable bonds is 7. The lowest BCUT2D eigenvalue weighted by molar-refractivity contribution is -0.188. The Morgan fingerprint density at radius 2 is 1.85 bits per heavy atom. The number of fused-ring (bicyclic) bond motifs is 5. The van der Waals surface area contributed by atoms with Gasteiger partial charge in [-0.25, -0.2) is 0 Å². The number of benzene rings is 1. The van der Waals surface area contributed by atoms with Crippen molar-refractivity contribution in [3.05, 3.63) is 58.1 Å². The van der Waals surface area contributed by atoms with Crippen LogP contribution in [0.2, 0.25) is 0 Å². The maximum atomic E-state index is 6.56. The zero-order chi connectivity index (χ0) is 28.8. The van der Waals surface area contributed by atoms with Crippen LogP contribution in [0.4, 0.5) is 0 Å². The molecule has 3 fully saturated rings. The minimum absolute atomic E-state index is 0.183. The van der Waals surface area contributed by atoms with Crippen molar-refractivity contribution in [2.75, 3.05) is 0 Å². The summed E-state index contributed by atoms with van der Waals surface area (Å²) >= 11 is 3.51. The summed E-state index contributed by atoms with van der Waals surface area (Å²) < 4.78 is 13.9. The number of oxime groups is 1. The molecule has 224 valence electrons. The van der Waals surface area contributed by atoms with Crippen molar-refractivity contribution in [1.29, 1.82) is 0 Å². The molecule has 5 heteroatoms. The van der Waals surface area contributed by atoms with E-state index in [1.54, 1.807) is 5.57 Å². The minimum atomic E-state index is -0.183. The summed E-state index contributed by atoms with van der Waals surface area (Å²) in [6, 6.07) is 8.31. The fourth-order valence-corrected chi connectivity index (χ4v) is 10.0. The first-order chi connectivity index (χ1) is 19.7. The molecule has 1 aromatic rings. The molecule has 0 aromatic heterocycles. The Labute approximate surface area is 256 Å². The molecule has 5 aliphatic rings. The van der Waals surface area contributed by atoms with Gasteiger partial charge in [0.2, 0.25) is 0 Å². The molecule has 0 bridgehead atoms. The fraction of sp³-hybridized carbons (Fsp3) is 0.694. The molecule has 10 atom stereocenters. The molecule has 41 heavy (non-hydrogen) atoms. The standard InChI is InChI=1S/C36H50BrNO3/c1-6-33-23(2)7-16-34(41-33)40-28-17-19-35(4)26(21-28)10-13-29-31-15-14-30(36(31,5)20-18-32(29)35)24(3)38-39-22-25-8-11-27(37)12-9-25/h7-12,16,23,28-34H,6,13-15,17-22H2,1-5H3/b38-24+/t23-,28?,29?,30+,31?,32?,33+,34?,35-,36+/m0/s1. The highest BCUT2D eigenvalue weighted by atomic mass is 79.9. The monoisotopic (exact) mass is 623 g/mol. The SMILES string of the molecule is CC[C@H]1OC(OC2CC[C@@]3(C)C(=CCC4C3CC[C@@]3(C)C4CC[C@@H]3/C(C)=N/OCc3ccc(Br)cc3)C2)C=C[C@@H]1C. The predicted octanol–water partition coefficient (Wildman–Crippen LogP) is 9.63. The predicted molar refractivity (Wildman–Crippen MR) is 169 cm³/mol. The Bertz CT molecular complexity index is 1180. The Morgan fingerprint density at radius 1 is 1.05 bits per heavy atom. The summed E-state index contributed by atoms with van der Waals surface area (Å²) in [5.41, 5.74) is 4.67. The van der Waals surface area contributed by atoms with E-state index in [2.05, 4.69) is 98.2 Å². The van der Waals surface area contributed by atoms with Crippen LogP contribution in [0.3, 0.4) is 0 Å². The van der Waals surface area contributed by atoms with Crippen LogP contribution >= 0.6 is 15.9 Å². The molecule has 4 aliphatic carbocycles. The van der Waals surface area contributed by atoms with Gasteiger partial charge in [0.15, 0.2) is 6.29 Å². The van der Waals surface area contributed by atoms with Crippen molar-refractivity contribution in [2.24, 2.45) is 45.6 Å². The Hall–Kier alpha value is -1.43. The molecule has 0 saturated heterocycles. The van der Waals surface area contributed by atoms with Gasteiger partial charge in [0.1, 0.15) is 6.61 Å². The van der Waals surface area contributed by atoms with Gasteiger partial charge in [-0.2, -0.15) is 0 Å². The highest BCUT2D eigenvalue weighted by Gasteiger charge is 2.59. The van der Waals surface area contributed by atoms with E-state index in [0.29, 0.717) is 29.3 Å². The molecule has 1 heterocycles. The van der Waals surface area contributed by atoms with E-state index in [1.165, 1.54) is 44.2 Å². The van der Waals surface area contributed by atoms with Gasteiger partial charge in [-0.1, -0.05) is 78.6 Å².